The van der Waals surface area contributed by atoms with E-state index >= 15 is 0 Å². The van der Waals surface area contributed by atoms with Crippen LogP contribution in [-0.2, 0) is 17.6 Å². The summed E-state index contributed by atoms with van der Waals surface area (Å²) in [6.07, 6.45) is 2.64. The van der Waals surface area contributed by atoms with Crippen LogP contribution in [0.1, 0.15) is 24.0 Å². The molecule has 0 atom stereocenters. The molecule has 0 unspecified atom stereocenters. The first-order valence-corrected chi connectivity index (χ1v) is 10.3. The molecular formula is C27H26O3. The number of ether oxygens (including phenoxy) is 2. The van der Waals surface area contributed by atoms with E-state index in [4.69, 9.17) is 9.47 Å². The highest BCUT2D eigenvalue weighted by Crippen LogP contribution is 2.26. The third-order valence-corrected chi connectivity index (χ3v) is 5.70. The summed E-state index contributed by atoms with van der Waals surface area (Å²) in [5, 5.41) is 4.67. The third-order valence-electron chi connectivity index (χ3n) is 5.70. The molecule has 30 heavy (non-hydrogen) atoms. The number of methoxy groups -OCH3 is 2. The van der Waals surface area contributed by atoms with Crippen molar-refractivity contribution >= 4 is 27.3 Å². The van der Waals surface area contributed by atoms with Gasteiger partial charge in [0.2, 0.25) is 0 Å². The summed E-state index contributed by atoms with van der Waals surface area (Å²) in [7, 11) is 3.35. The molecule has 0 aliphatic carbocycles. The van der Waals surface area contributed by atoms with Crippen LogP contribution in [0.15, 0.2) is 72.8 Å². The van der Waals surface area contributed by atoms with Gasteiger partial charge in [-0.15, -0.1) is 0 Å². The quantitative estimate of drug-likeness (QED) is 0.357. The predicted molar refractivity (Wildman–Crippen MR) is 123 cm³/mol. The summed E-state index contributed by atoms with van der Waals surface area (Å²) in [5.74, 6) is 2.00. The van der Waals surface area contributed by atoms with Gasteiger partial charge in [-0.2, -0.15) is 0 Å². The first kappa shape index (κ1) is 20.0. The summed E-state index contributed by atoms with van der Waals surface area (Å²) >= 11 is 0. The van der Waals surface area contributed by atoms with E-state index in [2.05, 4.69) is 36.4 Å². The van der Waals surface area contributed by atoms with E-state index in [0.717, 1.165) is 35.1 Å². The molecule has 0 fully saturated rings. The smallest absolute Gasteiger partial charge is 0.133 e. The molecule has 4 aromatic carbocycles. The molecule has 0 aliphatic heterocycles. The van der Waals surface area contributed by atoms with Crippen molar-refractivity contribution in [2.75, 3.05) is 14.2 Å². The van der Waals surface area contributed by atoms with E-state index in [1.165, 1.54) is 21.9 Å². The van der Waals surface area contributed by atoms with Crippen LogP contribution in [0.4, 0.5) is 0 Å². The van der Waals surface area contributed by atoms with Gasteiger partial charge in [0, 0.05) is 12.8 Å². The van der Waals surface area contributed by atoms with Gasteiger partial charge in [0.15, 0.2) is 0 Å². The van der Waals surface area contributed by atoms with Gasteiger partial charge < -0.3 is 9.47 Å². The maximum absolute atomic E-state index is 12.6. The Morgan fingerprint density at radius 1 is 0.667 bits per heavy atom. The molecule has 0 radical (unpaired) electrons. The number of hydrogen-bond donors (Lipinski definition) is 0. The standard InChI is InChI=1S/C27H26O3/c1-29-24-13-15-26-19(5-3-7-21(26)17-24)9-11-23(28)12-10-20-6-4-8-22-18-25(30-2)14-16-27(20)22/h3-8,13-18H,9-12H2,1-2H3. The minimum atomic E-state index is 0.297. The van der Waals surface area contributed by atoms with E-state index in [9.17, 15) is 4.79 Å². The highest BCUT2D eigenvalue weighted by atomic mass is 16.5. The average molecular weight is 399 g/mol. The first-order chi connectivity index (χ1) is 14.7. The topological polar surface area (TPSA) is 35.5 Å². The fourth-order valence-corrected chi connectivity index (χ4v) is 4.02. The Kier molecular flexibility index (Phi) is 5.99. The summed E-state index contributed by atoms with van der Waals surface area (Å²) in [4.78, 5) is 12.6. The van der Waals surface area contributed by atoms with Crippen molar-refractivity contribution < 1.29 is 14.3 Å². The van der Waals surface area contributed by atoms with Crippen molar-refractivity contribution in [1.29, 1.82) is 0 Å². The molecule has 0 heterocycles. The Bertz CT molecular complexity index is 1100. The first-order valence-electron chi connectivity index (χ1n) is 10.3. The van der Waals surface area contributed by atoms with E-state index in [1.807, 2.05) is 36.4 Å². The fourth-order valence-electron chi connectivity index (χ4n) is 4.02. The normalized spacial score (nSPS) is 11.0. The monoisotopic (exact) mass is 398 g/mol. The lowest BCUT2D eigenvalue weighted by atomic mass is 9.96. The largest absolute Gasteiger partial charge is 0.497 e. The van der Waals surface area contributed by atoms with Gasteiger partial charge >= 0.3 is 0 Å². The van der Waals surface area contributed by atoms with Crippen LogP contribution in [0.5, 0.6) is 11.5 Å². The number of hydrogen-bond acceptors (Lipinski definition) is 3. The van der Waals surface area contributed by atoms with Gasteiger partial charge in [-0.05, 0) is 69.8 Å². The molecular weight excluding hydrogens is 372 g/mol. The van der Waals surface area contributed by atoms with Gasteiger partial charge in [-0.3, -0.25) is 4.79 Å². The summed E-state index contributed by atoms with van der Waals surface area (Å²) < 4.78 is 10.6. The predicted octanol–water partition coefficient (Wildman–Crippen LogP) is 6.14. The summed E-state index contributed by atoms with van der Waals surface area (Å²) in [6.45, 7) is 0. The molecule has 0 amide bonds. The molecule has 0 saturated heterocycles. The van der Waals surface area contributed by atoms with Crippen LogP contribution in [0.25, 0.3) is 21.5 Å². The number of carbonyl (C=O) groups is 1. The second kappa shape index (κ2) is 9.00. The van der Waals surface area contributed by atoms with Crippen molar-refractivity contribution in [1.82, 2.24) is 0 Å². The van der Waals surface area contributed by atoms with Gasteiger partial charge in [0.25, 0.3) is 0 Å². The van der Waals surface area contributed by atoms with Crippen LogP contribution >= 0.6 is 0 Å². The minimum absolute atomic E-state index is 0.297. The number of ketones is 1. The van der Waals surface area contributed by atoms with Gasteiger partial charge in [0.05, 0.1) is 14.2 Å². The number of carbonyl (C=O) groups excluding carboxylic acids is 1. The highest BCUT2D eigenvalue weighted by molar-refractivity contribution is 5.89. The van der Waals surface area contributed by atoms with Crippen LogP contribution in [0.3, 0.4) is 0 Å². The zero-order chi connectivity index (χ0) is 20.9. The molecule has 0 spiro atoms. The van der Waals surface area contributed by atoms with E-state index in [0.29, 0.717) is 18.6 Å². The van der Waals surface area contributed by atoms with Crippen LogP contribution < -0.4 is 9.47 Å². The van der Waals surface area contributed by atoms with E-state index < -0.39 is 0 Å². The van der Waals surface area contributed by atoms with Crippen molar-refractivity contribution in [3.05, 3.63) is 83.9 Å². The van der Waals surface area contributed by atoms with Crippen LogP contribution in [0.2, 0.25) is 0 Å². The van der Waals surface area contributed by atoms with Gasteiger partial charge in [-0.1, -0.05) is 48.5 Å². The Morgan fingerprint density at radius 2 is 1.13 bits per heavy atom. The Morgan fingerprint density at radius 3 is 1.57 bits per heavy atom. The Hall–Kier alpha value is -3.33. The molecule has 0 saturated carbocycles. The number of benzene rings is 4. The van der Waals surface area contributed by atoms with E-state index in [1.54, 1.807) is 14.2 Å². The lowest BCUT2D eigenvalue weighted by Gasteiger charge is -2.09. The van der Waals surface area contributed by atoms with E-state index in [-0.39, 0.29) is 0 Å². The zero-order valence-electron chi connectivity index (χ0n) is 17.5. The number of aryl methyl sites for hydroxylation is 2. The molecule has 4 rings (SSSR count). The maximum Gasteiger partial charge on any atom is 0.133 e. The molecule has 0 bridgehead atoms. The number of Topliss-reactive ketones (excluding diaryl/α,β-unsaturated/α-hetero) is 1. The second-order valence-electron chi connectivity index (χ2n) is 7.55. The molecule has 0 aliphatic rings. The van der Waals surface area contributed by atoms with Crippen LogP contribution in [0, 0.1) is 0 Å². The summed E-state index contributed by atoms with van der Waals surface area (Å²) in [6, 6.07) is 24.7. The zero-order valence-corrected chi connectivity index (χ0v) is 17.5. The highest BCUT2D eigenvalue weighted by Gasteiger charge is 2.09. The number of fused-ring (bicyclic) bond motifs is 2. The molecule has 0 N–H and O–H groups in total. The second-order valence-corrected chi connectivity index (χ2v) is 7.55. The molecule has 3 heteroatoms. The van der Waals surface area contributed by atoms with Crippen LogP contribution in [-0.4, -0.2) is 20.0 Å². The molecule has 3 nitrogen and oxygen atoms in total. The SMILES string of the molecule is COc1ccc2c(CCC(=O)CCc3cccc4cc(OC)ccc34)cccc2c1. The van der Waals surface area contributed by atoms with Crippen molar-refractivity contribution in [3.8, 4) is 11.5 Å². The fraction of sp³-hybridized carbons (Fsp3) is 0.222. The Balaban J connectivity index is 1.41. The lowest BCUT2D eigenvalue weighted by Crippen LogP contribution is -2.03. The van der Waals surface area contributed by atoms with Crippen molar-refractivity contribution in [2.24, 2.45) is 0 Å². The lowest BCUT2D eigenvalue weighted by molar-refractivity contribution is -0.119. The number of rotatable bonds is 8. The Labute approximate surface area is 177 Å². The van der Waals surface area contributed by atoms with Crippen molar-refractivity contribution in [3.63, 3.8) is 0 Å². The average Bonchev–Trinajstić information content (AvgIpc) is 2.80. The molecule has 0 aromatic heterocycles. The third kappa shape index (κ3) is 4.30. The van der Waals surface area contributed by atoms with Crippen molar-refractivity contribution in [2.45, 2.75) is 25.7 Å². The molecule has 4 aromatic rings. The minimum Gasteiger partial charge on any atom is -0.497 e. The molecule has 152 valence electrons. The summed E-state index contributed by atoms with van der Waals surface area (Å²) in [5.41, 5.74) is 2.42. The van der Waals surface area contributed by atoms with Gasteiger partial charge in [-0.25, -0.2) is 0 Å². The van der Waals surface area contributed by atoms with Gasteiger partial charge in [0.1, 0.15) is 17.3 Å². The maximum atomic E-state index is 12.6.